The second-order valence-electron chi connectivity index (χ2n) is 3.48. The predicted molar refractivity (Wildman–Crippen MR) is 67.5 cm³/mol. The Bertz CT molecular complexity index is 373. The summed E-state index contributed by atoms with van der Waals surface area (Å²) in [7, 11) is 0. The molecule has 0 heterocycles. The third-order valence-electron chi connectivity index (χ3n) is 2.01. The molecule has 0 radical (unpaired) electrons. The van der Waals surface area contributed by atoms with E-state index in [0.29, 0.717) is 23.6 Å². The van der Waals surface area contributed by atoms with E-state index in [1.54, 1.807) is 12.1 Å². The third-order valence-corrected chi connectivity index (χ3v) is 2.15. The molecule has 0 saturated carbocycles. The van der Waals surface area contributed by atoms with E-state index in [0.717, 1.165) is 12.0 Å². The Morgan fingerprint density at radius 1 is 1.38 bits per heavy atom. The highest BCUT2D eigenvalue weighted by atomic mass is 32.1. The number of hydrogen-bond acceptors (Lipinski definition) is 3. The Labute approximate surface area is 101 Å². The number of carbonyl (C=O) groups excluding carboxylic acids is 1. The van der Waals surface area contributed by atoms with E-state index in [-0.39, 0.29) is 5.97 Å². The average Bonchev–Trinajstić information content (AvgIpc) is 2.26. The Morgan fingerprint density at radius 3 is 2.50 bits per heavy atom. The number of nitrogens with two attached hydrogens (primary N) is 1. The van der Waals surface area contributed by atoms with Crippen molar-refractivity contribution in [3.05, 3.63) is 35.4 Å². The smallest absolute Gasteiger partial charge is 0.338 e. The quantitative estimate of drug-likeness (QED) is 0.629. The molecule has 0 aliphatic carbocycles. The molecule has 2 N–H and O–H groups in total. The van der Waals surface area contributed by atoms with Crippen LogP contribution in [-0.4, -0.2) is 17.6 Å². The van der Waals surface area contributed by atoms with E-state index in [2.05, 4.69) is 0 Å². The summed E-state index contributed by atoms with van der Waals surface area (Å²) < 4.78 is 5.01. The number of benzene rings is 1. The molecule has 0 spiro atoms. The zero-order chi connectivity index (χ0) is 12.0. The molecule has 16 heavy (non-hydrogen) atoms. The highest BCUT2D eigenvalue weighted by molar-refractivity contribution is 7.80. The number of carbonyl (C=O) groups is 1. The molecular formula is C12H15NO2S. The summed E-state index contributed by atoms with van der Waals surface area (Å²) in [6, 6.07) is 7.13. The molecule has 0 atom stereocenters. The highest BCUT2D eigenvalue weighted by Gasteiger charge is 2.06. The van der Waals surface area contributed by atoms with E-state index >= 15 is 0 Å². The van der Waals surface area contributed by atoms with Gasteiger partial charge >= 0.3 is 5.97 Å². The maximum Gasteiger partial charge on any atom is 0.338 e. The highest BCUT2D eigenvalue weighted by Crippen LogP contribution is 2.07. The molecule has 0 saturated heterocycles. The van der Waals surface area contributed by atoms with Crippen LogP contribution in [0.1, 0.15) is 29.3 Å². The molecule has 4 heteroatoms. The van der Waals surface area contributed by atoms with Crippen molar-refractivity contribution in [3.63, 3.8) is 0 Å². The van der Waals surface area contributed by atoms with Crippen molar-refractivity contribution in [2.75, 3.05) is 6.61 Å². The summed E-state index contributed by atoms with van der Waals surface area (Å²) in [5.41, 5.74) is 6.98. The summed E-state index contributed by atoms with van der Waals surface area (Å²) in [6.45, 7) is 2.41. The zero-order valence-corrected chi connectivity index (χ0v) is 10.0. The fourth-order valence-corrected chi connectivity index (χ4v) is 1.40. The Balaban J connectivity index is 2.63. The van der Waals surface area contributed by atoms with E-state index in [1.807, 2.05) is 19.1 Å². The normalized spacial score (nSPS) is 9.81. The van der Waals surface area contributed by atoms with Gasteiger partial charge in [-0.3, -0.25) is 0 Å². The number of esters is 1. The lowest BCUT2D eigenvalue weighted by molar-refractivity contribution is 0.0505. The van der Waals surface area contributed by atoms with Crippen LogP contribution < -0.4 is 5.73 Å². The first-order valence-corrected chi connectivity index (χ1v) is 5.58. The first-order valence-electron chi connectivity index (χ1n) is 5.18. The molecule has 0 aromatic heterocycles. The molecule has 0 aliphatic rings. The van der Waals surface area contributed by atoms with Crippen LogP contribution in [0.2, 0.25) is 0 Å². The van der Waals surface area contributed by atoms with E-state index in [1.165, 1.54) is 0 Å². The third kappa shape index (κ3) is 3.98. The summed E-state index contributed by atoms with van der Waals surface area (Å²) in [4.78, 5) is 11.9. The number of ether oxygens (including phenoxy) is 1. The van der Waals surface area contributed by atoms with Gasteiger partial charge in [0, 0.05) is 6.42 Å². The molecule has 1 aromatic carbocycles. The van der Waals surface area contributed by atoms with Crippen LogP contribution >= 0.6 is 12.2 Å². The largest absolute Gasteiger partial charge is 0.462 e. The van der Waals surface area contributed by atoms with Crippen molar-refractivity contribution in [1.29, 1.82) is 0 Å². The molecule has 86 valence electrons. The van der Waals surface area contributed by atoms with Gasteiger partial charge in [-0.2, -0.15) is 0 Å². The number of hydrogen-bond donors (Lipinski definition) is 1. The van der Waals surface area contributed by atoms with Gasteiger partial charge in [0.05, 0.1) is 17.2 Å². The van der Waals surface area contributed by atoms with Gasteiger partial charge in [0.15, 0.2) is 0 Å². The molecule has 1 aromatic rings. The van der Waals surface area contributed by atoms with Crippen LogP contribution in [0.3, 0.4) is 0 Å². The summed E-state index contributed by atoms with van der Waals surface area (Å²) in [5.74, 6) is -0.288. The molecular weight excluding hydrogens is 222 g/mol. The van der Waals surface area contributed by atoms with E-state index in [9.17, 15) is 4.79 Å². The van der Waals surface area contributed by atoms with Crippen molar-refractivity contribution < 1.29 is 9.53 Å². The Morgan fingerprint density at radius 2 is 2.00 bits per heavy atom. The summed E-state index contributed by atoms with van der Waals surface area (Å²) in [5, 5.41) is 0. The van der Waals surface area contributed by atoms with Gasteiger partial charge in [0.2, 0.25) is 0 Å². The summed E-state index contributed by atoms with van der Waals surface area (Å²) >= 11 is 4.81. The zero-order valence-electron chi connectivity index (χ0n) is 9.23. The molecule has 0 bridgehead atoms. The SMILES string of the molecule is CCCOC(=O)c1ccc(CC(N)=S)cc1. The lowest BCUT2D eigenvalue weighted by atomic mass is 10.1. The second kappa shape index (κ2) is 6.23. The van der Waals surface area contributed by atoms with Gasteiger partial charge < -0.3 is 10.5 Å². The monoisotopic (exact) mass is 237 g/mol. The van der Waals surface area contributed by atoms with Gasteiger partial charge in [-0.1, -0.05) is 31.3 Å². The molecule has 0 fully saturated rings. The second-order valence-corrected chi connectivity index (χ2v) is 4.00. The predicted octanol–water partition coefficient (Wildman–Crippen LogP) is 2.08. The molecule has 0 aliphatic heterocycles. The first kappa shape index (κ1) is 12.6. The van der Waals surface area contributed by atoms with Crippen LogP contribution in [0.5, 0.6) is 0 Å². The lowest BCUT2D eigenvalue weighted by Gasteiger charge is -2.04. The van der Waals surface area contributed by atoms with Gasteiger partial charge in [0.1, 0.15) is 0 Å². The van der Waals surface area contributed by atoms with Crippen molar-refractivity contribution in [1.82, 2.24) is 0 Å². The van der Waals surface area contributed by atoms with Crippen molar-refractivity contribution in [2.24, 2.45) is 5.73 Å². The first-order chi connectivity index (χ1) is 7.63. The minimum absolute atomic E-state index is 0.288. The fraction of sp³-hybridized carbons (Fsp3) is 0.333. The molecule has 0 unspecified atom stereocenters. The van der Waals surface area contributed by atoms with Gasteiger partial charge in [-0.25, -0.2) is 4.79 Å². The van der Waals surface area contributed by atoms with Crippen LogP contribution in [0.4, 0.5) is 0 Å². The van der Waals surface area contributed by atoms with Crippen LogP contribution in [0, 0.1) is 0 Å². The number of rotatable bonds is 5. The average molecular weight is 237 g/mol. The maximum absolute atomic E-state index is 11.5. The van der Waals surface area contributed by atoms with Crippen molar-refractivity contribution in [2.45, 2.75) is 19.8 Å². The molecule has 3 nitrogen and oxygen atoms in total. The van der Waals surface area contributed by atoms with Gasteiger partial charge in [0.25, 0.3) is 0 Å². The minimum atomic E-state index is -0.288. The Hall–Kier alpha value is -1.42. The van der Waals surface area contributed by atoms with Gasteiger partial charge in [-0.15, -0.1) is 0 Å². The standard InChI is InChI=1S/C12H15NO2S/c1-2-7-15-12(14)10-5-3-9(4-6-10)8-11(13)16/h3-6H,2,7-8H2,1H3,(H2,13,16). The minimum Gasteiger partial charge on any atom is -0.462 e. The maximum atomic E-state index is 11.5. The van der Waals surface area contributed by atoms with Crippen molar-refractivity contribution >= 4 is 23.2 Å². The van der Waals surface area contributed by atoms with Crippen LogP contribution in [-0.2, 0) is 11.2 Å². The molecule has 1 rings (SSSR count). The van der Waals surface area contributed by atoms with Gasteiger partial charge in [-0.05, 0) is 24.1 Å². The summed E-state index contributed by atoms with van der Waals surface area (Å²) in [6.07, 6.45) is 1.38. The lowest BCUT2D eigenvalue weighted by Crippen LogP contribution is -2.11. The molecule has 0 amide bonds. The number of thiocarbonyl (C=S) groups is 1. The van der Waals surface area contributed by atoms with E-state index < -0.39 is 0 Å². The van der Waals surface area contributed by atoms with Crippen molar-refractivity contribution in [3.8, 4) is 0 Å². The fourth-order valence-electron chi connectivity index (χ4n) is 1.24. The Kier molecular flexibility index (Phi) is 4.92. The van der Waals surface area contributed by atoms with Crippen LogP contribution in [0.15, 0.2) is 24.3 Å². The van der Waals surface area contributed by atoms with E-state index in [4.69, 9.17) is 22.7 Å². The van der Waals surface area contributed by atoms with Crippen LogP contribution in [0.25, 0.3) is 0 Å². The topological polar surface area (TPSA) is 52.3 Å².